The summed E-state index contributed by atoms with van der Waals surface area (Å²) in [5, 5.41) is 0. The van der Waals surface area contributed by atoms with Crippen LogP contribution in [0.15, 0.2) is 24.3 Å². The van der Waals surface area contributed by atoms with Gasteiger partial charge in [-0.15, -0.1) is 0 Å². The third-order valence-corrected chi connectivity index (χ3v) is 6.03. The van der Waals surface area contributed by atoms with E-state index in [1.807, 2.05) is 20.8 Å². The number of hydrogen-bond acceptors (Lipinski definition) is 5. The summed E-state index contributed by atoms with van der Waals surface area (Å²) in [5.41, 5.74) is 2.53. The quantitative estimate of drug-likeness (QED) is 0.690. The van der Waals surface area contributed by atoms with Crippen molar-refractivity contribution in [2.45, 2.75) is 58.6 Å². The molecule has 3 heterocycles. The number of carbonyl (C=O) groups is 2. The molecular weight excluding hydrogens is 411 g/mol. The van der Waals surface area contributed by atoms with Crippen LogP contribution < -0.4 is 4.90 Å². The van der Waals surface area contributed by atoms with Crippen molar-refractivity contribution in [3.05, 3.63) is 52.7 Å². The molecule has 2 aliphatic rings. The van der Waals surface area contributed by atoms with E-state index < -0.39 is 0 Å². The second-order valence-electron chi connectivity index (χ2n) is 8.76. The van der Waals surface area contributed by atoms with Crippen LogP contribution in [0.5, 0.6) is 0 Å². The van der Waals surface area contributed by atoms with E-state index in [2.05, 4.69) is 0 Å². The molecule has 0 radical (unpaired) electrons. The molecule has 0 spiro atoms. The van der Waals surface area contributed by atoms with Gasteiger partial charge in [0.1, 0.15) is 24.1 Å². The van der Waals surface area contributed by atoms with Crippen molar-refractivity contribution < 1.29 is 18.7 Å². The Labute approximate surface area is 187 Å². The number of anilines is 1. The number of halogens is 1. The van der Waals surface area contributed by atoms with E-state index in [0.717, 1.165) is 17.7 Å². The molecule has 8 heteroatoms. The van der Waals surface area contributed by atoms with Gasteiger partial charge in [-0.3, -0.25) is 14.5 Å². The Kier molecular flexibility index (Phi) is 6.50. The summed E-state index contributed by atoms with van der Waals surface area (Å²) in [6.07, 6.45) is 1.75. The van der Waals surface area contributed by atoms with Crippen molar-refractivity contribution in [3.63, 3.8) is 0 Å². The van der Waals surface area contributed by atoms with Gasteiger partial charge >= 0.3 is 0 Å². The van der Waals surface area contributed by atoms with E-state index in [0.29, 0.717) is 43.1 Å². The first-order chi connectivity index (χ1) is 15.3. The Bertz CT molecular complexity index is 1030. The Morgan fingerprint density at radius 1 is 1.28 bits per heavy atom. The highest BCUT2D eigenvalue weighted by atomic mass is 19.1. The zero-order valence-electron chi connectivity index (χ0n) is 18.8. The molecule has 0 unspecified atom stereocenters. The van der Waals surface area contributed by atoms with Gasteiger partial charge in [0, 0.05) is 36.7 Å². The molecule has 2 aliphatic heterocycles. The van der Waals surface area contributed by atoms with E-state index in [9.17, 15) is 14.0 Å². The van der Waals surface area contributed by atoms with Crippen molar-refractivity contribution in [3.8, 4) is 0 Å². The number of carbonyl (C=O) groups excluding carboxylic acids is 2. The van der Waals surface area contributed by atoms with Crippen LogP contribution in [-0.2, 0) is 27.3 Å². The zero-order valence-corrected chi connectivity index (χ0v) is 18.8. The van der Waals surface area contributed by atoms with Crippen LogP contribution in [0.1, 0.15) is 55.3 Å². The Morgan fingerprint density at radius 3 is 2.84 bits per heavy atom. The predicted molar refractivity (Wildman–Crippen MR) is 118 cm³/mol. The molecule has 1 saturated heterocycles. The fourth-order valence-electron chi connectivity index (χ4n) is 4.29. The predicted octanol–water partition coefficient (Wildman–Crippen LogP) is 3.14. The lowest BCUT2D eigenvalue weighted by atomic mass is 10.0. The summed E-state index contributed by atoms with van der Waals surface area (Å²) in [4.78, 5) is 38.2. The Morgan fingerprint density at radius 2 is 2.09 bits per heavy atom. The molecule has 7 nitrogen and oxygen atoms in total. The van der Waals surface area contributed by atoms with Crippen LogP contribution in [0.25, 0.3) is 0 Å². The monoisotopic (exact) mass is 440 g/mol. The molecule has 0 aliphatic carbocycles. The van der Waals surface area contributed by atoms with E-state index in [4.69, 9.17) is 14.7 Å². The zero-order chi connectivity index (χ0) is 22.8. The first kappa shape index (κ1) is 22.3. The lowest BCUT2D eigenvalue weighted by Gasteiger charge is -2.30. The number of fused-ring (bicyclic) bond motifs is 1. The maximum atomic E-state index is 13.7. The standard InChI is InChI=1S/C24H29FN4O3/c1-15(2)32-14-22(31)28-10-9-18(13-28)23-26-16(3)20-7-8-21(30)29(24(20)27-23)12-17-5-4-6-19(25)11-17/h4-6,11,15,18H,7-10,12-14H2,1-3H3/t18-/m0/s1. The summed E-state index contributed by atoms with van der Waals surface area (Å²) in [7, 11) is 0. The Balaban J connectivity index is 1.56. The average Bonchev–Trinajstić information content (AvgIpc) is 3.24. The lowest BCUT2D eigenvalue weighted by molar-refractivity contribution is -0.136. The maximum absolute atomic E-state index is 13.7. The molecule has 4 rings (SSSR count). The SMILES string of the molecule is Cc1nc([C@H]2CCN(C(=O)COC(C)C)C2)nc2c1CCC(=O)N2Cc1cccc(F)c1. The van der Waals surface area contributed by atoms with Gasteiger partial charge in [0.25, 0.3) is 0 Å². The maximum Gasteiger partial charge on any atom is 0.248 e. The summed E-state index contributed by atoms with van der Waals surface area (Å²) in [6.45, 7) is 7.26. The van der Waals surface area contributed by atoms with Gasteiger partial charge in [0.2, 0.25) is 11.8 Å². The summed E-state index contributed by atoms with van der Waals surface area (Å²) < 4.78 is 19.1. The van der Waals surface area contributed by atoms with Crippen LogP contribution in [0.4, 0.5) is 10.2 Å². The third-order valence-electron chi connectivity index (χ3n) is 6.03. The molecule has 1 fully saturated rings. The van der Waals surface area contributed by atoms with Crippen LogP contribution in [0.2, 0.25) is 0 Å². The lowest BCUT2D eigenvalue weighted by Crippen LogP contribution is -2.36. The smallest absolute Gasteiger partial charge is 0.248 e. The summed E-state index contributed by atoms with van der Waals surface area (Å²) >= 11 is 0. The molecule has 1 aromatic heterocycles. The van der Waals surface area contributed by atoms with Gasteiger partial charge in [0.15, 0.2) is 0 Å². The van der Waals surface area contributed by atoms with E-state index >= 15 is 0 Å². The van der Waals surface area contributed by atoms with Gasteiger partial charge in [-0.1, -0.05) is 12.1 Å². The fraction of sp³-hybridized carbons (Fsp3) is 0.500. The van der Waals surface area contributed by atoms with Gasteiger partial charge < -0.3 is 9.64 Å². The molecule has 1 aromatic carbocycles. The van der Waals surface area contributed by atoms with Gasteiger partial charge in [0.05, 0.1) is 12.6 Å². The number of benzene rings is 1. The fourth-order valence-corrected chi connectivity index (χ4v) is 4.29. The van der Waals surface area contributed by atoms with Crippen molar-refractivity contribution in [1.82, 2.24) is 14.9 Å². The second kappa shape index (κ2) is 9.32. The molecular formula is C24H29FN4O3. The van der Waals surface area contributed by atoms with E-state index in [-0.39, 0.29) is 42.8 Å². The summed E-state index contributed by atoms with van der Waals surface area (Å²) in [6, 6.07) is 6.28. The van der Waals surface area contributed by atoms with Crippen LogP contribution >= 0.6 is 0 Å². The molecule has 1 atom stereocenters. The van der Waals surface area contributed by atoms with Crippen molar-refractivity contribution >= 4 is 17.6 Å². The highest BCUT2D eigenvalue weighted by molar-refractivity contribution is 5.95. The first-order valence-electron chi connectivity index (χ1n) is 11.1. The molecule has 0 bridgehead atoms. The van der Waals surface area contributed by atoms with Crippen molar-refractivity contribution in [1.29, 1.82) is 0 Å². The number of ether oxygens (including phenoxy) is 1. The number of likely N-dealkylation sites (tertiary alicyclic amines) is 1. The molecule has 170 valence electrons. The topological polar surface area (TPSA) is 75.6 Å². The summed E-state index contributed by atoms with van der Waals surface area (Å²) in [5.74, 6) is 0.888. The number of hydrogen-bond donors (Lipinski definition) is 0. The van der Waals surface area contributed by atoms with Crippen molar-refractivity contribution in [2.24, 2.45) is 0 Å². The minimum absolute atomic E-state index is 0.00517. The molecule has 0 saturated carbocycles. The van der Waals surface area contributed by atoms with Crippen LogP contribution in [0.3, 0.4) is 0 Å². The molecule has 2 aromatic rings. The minimum atomic E-state index is -0.330. The number of nitrogens with zero attached hydrogens (tertiary/aromatic N) is 4. The molecule has 2 amide bonds. The highest BCUT2D eigenvalue weighted by Gasteiger charge is 2.33. The van der Waals surface area contributed by atoms with Gasteiger partial charge in [-0.25, -0.2) is 14.4 Å². The number of rotatable bonds is 6. The normalized spacial score (nSPS) is 18.4. The van der Waals surface area contributed by atoms with E-state index in [1.54, 1.807) is 21.9 Å². The third kappa shape index (κ3) is 4.80. The second-order valence-corrected chi connectivity index (χ2v) is 8.76. The molecule has 32 heavy (non-hydrogen) atoms. The number of amides is 2. The average molecular weight is 441 g/mol. The largest absolute Gasteiger partial charge is 0.369 e. The highest BCUT2D eigenvalue weighted by Crippen LogP contribution is 2.33. The van der Waals surface area contributed by atoms with E-state index in [1.165, 1.54) is 12.1 Å². The Hall–Kier alpha value is -2.87. The number of aromatic nitrogens is 2. The van der Waals surface area contributed by atoms with Crippen molar-refractivity contribution in [2.75, 3.05) is 24.6 Å². The van der Waals surface area contributed by atoms with Crippen LogP contribution in [-0.4, -0.2) is 52.5 Å². The van der Waals surface area contributed by atoms with Gasteiger partial charge in [-0.2, -0.15) is 0 Å². The minimum Gasteiger partial charge on any atom is -0.369 e. The molecule has 0 N–H and O–H groups in total. The van der Waals surface area contributed by atoms with Gasteiger partial charge in [-0.05, 0) is 51.3 Å². The number of aryl methyl sites for hydroxylation is 1. The van der Waals surface area contributed by atoms with Crippen LogP contribution in [0, 0.1) is 12.7 Å². The first-order valence-corrected chi connectivity index (χ1v) is 11.1.